The van der Waals surface area contributed by atoms with Gasteiger partial charge in [0.15, 0.2) is 5.69 Å². The summed E-state index contributed by atoms with van der Waals surface area (Å²) in [7, 11) is 0. The highest BCUT2D eigenvalue weighted by Crippen LogP contribution is 2.20. The molecule has 0 atom stereocenters. The lowest BCUT2D eigenvalue weighted by Crippen LogP contribution is -2.56. The number of amides is 1. The van der Waals surface area contributed by atoms with Gasteiger partial charge in [0.05, 0.1) is 6.04 Å². The van der Waals surface area contributed by atoms with E-state index in [9.17, 15) is 14.7 Å². The number of aromatic nitrogens is 2. The summed E-state index contributed by atoms with van der Waals surface area (Å²) >= 11 is 0. The van der Waals surface area contributed by atoms with Gasteiger partial charge in [0.2, 0.25) is 11.9 Å². The van der Waals surface area contributed by atoms with E-state index < -0.39 is 5.97 Å². The van der Waals surface area contributed by atoms with Crippen molar-refractivity contribution in [3.63, 3.8) is 0 Å². The number of anilines is 2. The van der Waals surface area contributed by atoms with Gasteiger partial charge in [-0.3, -0.25) is 4.79 Å². The molecule has 8 heteroatoms. The largest absolute Gasteiger partial charge is 0.477 e. The van der Waals surface area contributed by atoms with Crippen LogP contribution >= 0.6 is 0 Å². The van der Waals surface area contributed by atoms with Crippen molar-refractivity contribution < 1.29 is 14.7 Å². The van der Waals surface area contributed by atoms with E-state index in [1.165, 1.54) is 19.4 Å². The maximum absolute atomic E-state index is 11.3. The fourth-order valence-corrected chi connectivity index (χ4v) is 2.89. The van der Waals surface area contributed by atoms with Gasteiger partial charge in [-0.1, -0.05) is 0 Å². The molecule has 2 aliphatic rings. The monoisotopic (exact) mass is 319 g/mol. The number of carbonyl (C=O) groups excluding carboxylic acids is 1. The van der Waals surface area contributed by atoms with Crippen molar-refractivity contribution in [1.82, 2.24) is 14.9 Å². The maximum atomic E-state index is 11.3. The summed E-state index contributed by atoms with van der Waals surface area (Å²) in [6.07, 6.45) is 3.32. The Balaban J connectivity index is 1.75. The Morgan fingerprint density at radius 1 is 1.22 bits per heavy atom. The first kappa shape index (κ1) is 15.5. The van der Waals surface area contributed by atoms with Gasteiger partial charge in [0.1, 0.15) is 5.82 Å². The van der Waals surface area contributed by atoms with Crippen molar-refractivity contribution in [3.05, 3.63) is 11.8 Å². The number of carboxylic acid groups (broad SMARTS) is 1. The number of rotatable bonds is 4. The molecule has 1 aromatic rings. The molecule has 124 valence electrons. The van der Waals surface area contributed by atoms with Crippen LogP contribution in [0.25, 0.3) is 0 Å². The summed E-state index contributed by atoms with van der Waals surface area (Å²) in [6, 6.07) is 1.55. The normalized spacial score (nSPS) is 18.5. The molecule has 1 amide bonds. The summed E-state index contributed by atoms with van der Waals surface area (Å²) in [4.78, 5) is 34.9. The molecule has 0 saturated carbocycles. The predicted molar refractivity (Wildman–Crippen MR) is 84.7 cm³/mol. The SMILES string of the molecule is CC(=O)N1CC(Nc2cc(C(=O)O)nc(N3CCCCC3)n2)C1. The molecule has 0 unspecified atom stereocenters. The Bertz CT molecular complexity index is 609. The van der Waals surface area contributed by atoms with Crippen LogP contribution in [0.3, 0.4) is 0 Å². The Labute approximate surface area is 134 Å². The van der Waals surface area contributed by atoms with Gasteiger partial charge in [-0.05, 0) is 19.3 Å². The Hall–Kier alpha value is -2.38. The van der Waals surface area contributed by atoms with Crippen molar-refractivity contribution in [2.45, 2.75) is 32.2 Å². The Morgan fingerprint density at radius 2 is 1.91 bits per heavy atom. The van der Waals surface area contributed by atoms with Gasteiger partial charge in [-0.25, -0.2) is 9.78 Å². The zero-order chi connectivity index (χ0) is 16.4. The molecule has 0 radical (unpaired) electrons. The minimum absolute atomic E-state index is 0.00850. The molecular weight excluding hydrogens is 298 g/mol. The number of aromatic carboxylic acids is 1. The summed E-state index contributed by atoms with van der Waals surface area (Å²) in [5, 5.41) is 12.5. The fraction of sp³-hybridized carbons (Fsp3) is 0.600. The first-order chi connectivity index (χ1) is 11.0. The summed E-state index contributed by atoms with van der Waals surface area (Å²) in [6.45, 7) is 4.47. The minimum Gasteiger partial charge on any atom is -0.477 e. The van der Waals surface area contributed by atoms with Crippen molar-refractivity contribution >= 4 is 23.6 Å². The second kappa shape index (κ2) is 6.39. The number of nitrogens with one attached hydrogen (secondary N) is 1. The summed E-state index contributed by atoms with van der Waals surface area (Å²) < 4.78 is 0. The van der Waals surface area contributed by atoms with E-state index in [1.54, 1.807) is 4.90 Å². The van der Waals surface area contributed by atoms with E-state index in [4.69, 9.17) is 0 Å². The molecule has 2 N–H and O–H groups in total. The van der Waals surface area contributed by atoms with Crippen LogP contribution in [0.4, 0.5) is 11.8 Å². The molecule has 2 saturated heterocycles. The quantitative estimate of drug-likeness (QED) is 0.847. The van der Waals surface area contributed by atoms with E-state index in [2.05, 4.69) is 15.3 Å². The van der Waals surface area contributed by atoms with E-state index in [1.807, 2.05) is 4.90 Å². The van der Waals surface area contributed by atoms with Gasteiger partial charge in [0, 0.05) is 39.2 Å². The highest BCUT2D eigenvalue weighted by atomic mass is 16.4. The van der Waals surface area contributed by atoms with Crippen LogP contribution in [-0.2, 0) is 4.79 Å². The van der Waals surface area contributed by atoms with E-state index in [0.29, 0.717) is 24.9 Å². The zero-order valence-electron chi connectivity index (χ0n) is 13.2. The van der Waals surface area contributed by atoms with Crippen molar-refractivity contribution in [2.75, 3.05) is 36.4 Å². The van der Waals surface area contributed by atoms with Gasteiger partial charge in [-0.15, -0.1) is 0 Å². The third-order valence-electron chi connectivity index (χ3n) is 4.25. The number of hydrogen-bond acceptors (Lipinski definition) is 6. The van der Waals surface area contributed by atoms with Crippen LogP contribution in [0, 0.1) is 0 Å². The van der Waals surface area contributed by atoms with Crippen molar-refractivity contribution in [1.29, 1.82) is 0 Å². The first-order valence-electron chi connectivity index (χ1n) is 7.92. The van der Waals surface area contributed by atoms with Gasteiger partial charge in [-0.2, -0.15) is 4.98 Å². The van der Waals surface area contributed by atoms with Crippen molar-refractivity contribution in [3.8, 4) is 0 Å². The zero-order valence-corrected chi connectivity index (χ0v) is 13.2. The molecule has 1 aromatic heterocycles. The molecule has 3 rings (SSSR count). The number of hydrogen-bond donors (Lipinski definition) is 2. The average molecular weight is 319 g/mol. The van der Waals surface area contributed by atoms with Crippen LogP contribution in [0.2, 0.25) is 0 Å². The highest BCUT2D eigenvalue weighted by Gasteiger charge is 2.29. The predicted octanol–water partition coefficient (Wildman–Crippen LogP) is 0.808. The number of likely N-dealkylation sites (tertiary alicyclic amines) is 1. The second-order valence-corrected chi connectivity index (χ2v) is 6.06. The second-order valence-electron chi connectivity index (χ2n) is 6.06. The third kappa shape index (κ3) is 3.52. The maximum Gasteiger partial charge on any atom is 0.354 e. The van der Waals surface area contributed by atoms with E-state index in [0.717, 1.165) is 25.9 Å². The van der Waals surface area contributed by atoms with Crippen LogP contribution < -0.4 is 10.2 Å². The Kier molecular flexibility index (Phi) is 4.31. The van der Waals surface area contributed by atoms with Crippen LogP contribution in [0.15, 0.2) is 6.07 Å². The topological polar surface area (TPSA) is 98.7 Å². The number of piperidine rings is 1. The molecule has 3 heterocycles. The molecule has 0 bridgehead atoms. The van der Waals surface area contributed by atoms with Gasteiger partial charge in [0.25, 0.3) is 0 Å². The van der Waals surface area contributed by atoms with Crippen LogP contribution in [0.1, 0.15) is 36.7 Å². The van der Waals surface area contributed by atoms with Gasteiger partial charge >= 0.3 is 5.97 Å². The number of carboxylic acids is 1. The molecule has 0 spiro atoms. The standard InChI is InChI=1S/C15H21N5O3/c1-10(21)20-8-11(9-20)16-13-7-12(14(22)23)17-15(18-13)19-5-3-2-4-6-19/h7,11H,2-6,8-9H2,1H3,(H,22,23)(H,16,17,18). The fourth-order valence-electron chi connectivity index (χ4n) is 2.89. The molecule has 0 aromatic carbocycles. The lowest BCUT2D eigenvalue weighted by molar-refractivity contribution is -0.132. The number of nitrogens with zero attached hydrogens (tertiary/aromatic N) is 4. The van der Waals surface area contributed by atoms with Crippen LogP contribution in [0.5, 0.6) is 0 Å². The first-order valence-corrected chi connectivity index (χ1v) is 7.92. The summed E-state index contributed by atoms with van der Waals surface area (Å²) in [5.41, 5.74) is -0.00850. The smallest absolute Gasteiger partial charge is 0.354 e. The lowest BCUT2D eigenvalue weighted by Gasteiger charge is -2.39. The molecular formula is C15H21N5O3. The van der Waals surface area contributed by atoms with Crippen LogP contribution in [-0.4, -0.2) is 64.1 Å². The summed E-state index contributed by atoms with van der Waals surface area (Å²) in [5.74, 6) is -0.0420. The lowest BCUT2D eigenvalue weighted by atomic mass is 10.1. The minimum atomic E-state index is -1.06. The number of carbonyl (C=O) groups is 2. The third-order valence-corrected chi connectivity index (χ3v) is 4.25. The molecule has 2 fully saturated rings. The van der Waals surface area contributed by atoms with E-state index >= 15 is 0 Å². The van der Waals surface area contributed by atoms with E-state index in [-0.39, 0.29) is 17.6 Å². The molecule has 8 nitrogen and oxygen atoms in total. The molecule has 23 heavy (non-hydrogen) atoms. The van der Waals surface area contributed by atoms with Gasteiger partial charge < -0.3 is 20.2 Å². The average Bonchev–Trinajstić information content (AvgIpc) is 2.50. The molecule has 2 aliphatic heterocycles. The highest BCUT2D eigenvalue weighted by molar-refractivity contribution is 5.86. The Morgan fingerprint density at radius 3 is 2.52 bits per heavy atom. The molecule has 0 aliphatic carbocycles. The van der Waals surface area contributed by atoms with Crippen molar-refractivity contribution in [2.24, 2.45) is 0 Å².